The number of nitrogens with one attached hydrogen (secondary N) is 1. The van der Waals surface area contributed by atoms with Crippen molar-refractivity contribution < 1.29 is 27.7 Å². The molecule has 20 heavy (non-hydrogen) atoms. The van der Waals surface area contributed by atoms with Crippen molar-refractivity contribution in [1.29, 1.82) is 0 Å². The lowest BCUT2D eigenvalue weighted by Gasteiger charge is -2.29. The predicted molar refractivity (Wildman–Crippen MR) is 77.3 cm³/mol. The molecule has 0 spiro atoms. The van der Waals surface area contributed by atoms with Crippen LogP contribution in [0.3, 0.4) is 0 Å². The molecular weight excluding hydrogens is 284 g/mol. The fourth-order valence-electron chi connectivity index (χ4n) is 1.73. The zero-order chi connectivity index (χ0) is 14.9. The Kier molecular flexibility index (Phi) is 10.5. The number of amides is 1. The molecule has 0 aliphatic heterocycles. The Morgan fingerprint density at radius 3 is 2.30 bits per heavy atom. The largest absolute Gasteiger partial charge is 0.870 e. The molecule has 0 bridgehead atoms. The molecule has 0 aromatic heterocycles. The van der Waals surface area contributed by atoms with Crippen LogP contribution < -0.4 is 5.32 Å². The van der Waals surface area contributed by atoms with E-state index in [4.69, 9.17) is 4.55 Å². The molecule has 0 radical (unpaired) electrons. The van der Waals surface area contributed by atoms with Crippen LogP contribution >= 0.6 is 0 Å². The van der Waals surface area contributed by atoms with Crippen molar-refractivity contribution in [2.45, 2.75) is 19.3 Å². The zero-order valence-corrected chi connectivity index (χ0v) is 13.0. The van der Waals surface area contributed by atoms with Crippen LogP contribution in [-0.4, -0.2) is 68.3 Å². The van der Waals surface area contributed by atoms with Crippen LogP contribution in [0.4, 0.5) is 0 Å². The Bertz CT molecular complexity index is 393. The number of hydrogen-bond acceptors (Lipinski definition) is 4. The van der Waals surface area contributed by atoms with Crippen molar-refractivity contribution in [3.05, 3.63) is 12.7 Å². The first-order valence-corrected chi connectivity index (χ1v) is 7.95. The number of hydrogen-bond donors (Lipinski definition) is 2. The highest BCUT2D eigenvalue weighted by Gasteiger charge is 2.14. The van der Waals surface area contributed by atoms with E-state index in [1.54, 1.807) is 0 Å². The number of nitrogens with zero attached hydrogens (tertiary/aromatic N) is 1. The van der Waals surface area contributed by atoms with Gasteiger partial charge in [-0.05, 0) is 18.9 Å². The van der Waals surface area contributed by atoms with Crippen molar-refractivity contribution >= 4 is 16.0 Å². The first-order valence-electron chi connectivity index (χ1n) is 6.34. The third kappa shape index (κ3) is 13.5. The molecule has 3 N–H and O–H groups in total. The van der Waals surface area contributed by atoms with Crippen LogP contribution in [0.5, 0.6) is 0 Å². The Hall–Kier alpha value is -0.960. The van der Waals surface area contributed by atoms with Gasteiger partial charge in [-0.3, -0.25) is 9.35 Å². The van der Waals surface area contributed by atoms with Gasteiger partial charge in [0.25, 0.3) is 10.1 Å². The van der Waals surface area contributed by atoms with E-state index in [-0.39, 0.29) is 17.1 Å². The zero-order valence-electron chi connectivity index (χ0n) is 12.2. The summed E-state index contributed by atoms with van der Waals surface area (Å²) in [5, 5.41) is 2.71. The van der Waals surface area contributed by atoms with Gasteiger partial charge in [0.2, 0.25) is 5.91 Å². The van der Waals surface area contributed by atoms with Crippen LogP contribution in [-0.2, 0) is 14.9 Å². The van der Waals surface area contributed by atoms with Gasteiger partial charge >= 0.3 is 0 Å². The lowest BCUT2D eigenvalue weighted by Crippen LogP contribution is -2.42. The predicted octanol–water partition coefficient (Wildman–Crippen LogP) is 0.246. The highest BCUT2D eigenvalue weighted by atomic mass is 32.2. The molecule has 0 aliphatic carbocycles. The summed E-state index contributed by atoms with van der Waals surface area (Å²) in [5.74, 6) is -0.346. The van der Waals surface area contributed by atoms with E-state index in [0.717, 1.165) is 30.4 Å². The maximum absolute atomic E-state index is 10.9. The molecule has 0 unspecified atom stereocenters. The maximum Gasteiger partial charge on any atom is 0.264 e. The minimum atomic E-state index is -3.84. The molecular formula is C12H26N2O5S. The summed E-state index contributed by atoms with van der Waals surface area (Å²) in [4.78, 5) is 10.9. The van der Waals surface area contributed by atoms with E-state index in [1.165, 1.54) is 6.08 Å². The highest BCUT2D eigenvalue weighted by Crippen LogP contribution is 2.04. The lowest BCUT2D eigenvalue weighted by molar-refractivity contribution is -0.890. The molecule has 120 valence electrons. The second kappa shape index (κ2) is 9.87. The van der Waals surface area contributed by atoms with Gasteiger partial charge in [0, 0.05) is 13.0 Å². The summed E-state index contributed by atoms with van der Waals surface area (Å²) in [6, 6.07) is 0. The first-order chi connectivity index (χ1) is 8.66. The number of unbranched alkanes of at least 4 members (excludes halogenated alkanes) is 1. The number of rotatable bonds is 10. The van der Waals surface area contributed by atoms with Crippen LogP contribution in [0, 0.1) is 0 Å². The molecule has 0 atom stereocenters. The molecule has 0 heterocycles. The fraction of sp³-hybridized carbons (Fsp3) is 0.750. The van der Waals surface area contributed by atoms with Crippen LogP contribution in [0.2, 0.25) is 0 Å². The van der Waals surface area contributed by atoms with Crippen LogP contribution in [0.15, 0.2) is 12.7 Å². The van der Waals surface area contributed by atoms with Crippen molar-refractivity contribution in [1.82, 2.24) is 5.32 Å². The molecule has 0 rings (SSSR count). The Morgan fingerprint density at radius 1 is 1.25 bits per heavy atom. The summed E-state index contributed by atoms with van der Waals surface area (Å²) < 4.78 is 30.5. The van der Waals surface area contributed by atoms with E-state index in [2.05, 4.69) is 26.0 Å². The summed E-state index contributed by atoms with van der Waals surface area (Å²) in [6.07, 6.45) is 3.31. The van der Waals surface area contributed by atoms with Crippen LogP contribution in [0.25, 0.3) is 0 Å². The van der Waals surface area contributed by atoms with Gasteiger partial charge in [-0.2, -0.15) is 8.42 Å². The van der Waals surface area contributed by atoms with Crippen molar-refractivity contribution in [3.8, 4) is 0 Å². The smallest absolute Gasteiger partial charge is 0.264 e. The van der Waals surface area contributed by atoms with Gasteiger partial charge < -0.3 is 15.3 Å². The molecule has 0 fully saturated rings. The molecule has 8 heteroatoms. The molecule has 0 saturated carbocycles. The maximum atomic E-state index is 10.9. The SMILES string of the molecule is C=CC(=O)NCCC[N+](C)(C)CCCCS(=O)(=O)O.[OH-]. The average Bonchev–Trinajstić information content (AvgIpc) is 2.29. The fourth-order valence-corrected chi connectivity index (χ4v) is 2.30. The summed E-state index contributed by atoms with van der Waals surface area (Å²) in [6.45, 7) is 5.71. The van der Waals surface area contributed by atoms with Gasteiger partial charge in [-0.15, -0.1) is 0 Å². The molecule has 0 aliphatic rings. The number of carbonyl (C=O) groups is 1. The minimum Gasteiger partial charge on any atom is -0.870 e. The van der Waals surface area contributed by atoms with Crippen LogP contribution in [0.1, 0.15) is 19.3 Å². The van der Waals surface area contributed by atoms with Crippen molar-refractivity contribution in [3.63, 3.8) is 0 Å². The van der Waals surface area contributed by atoms with E-state index in [0.29, 0.717) is 13.0 Å². The number of quaternary nitrogens is 1. The van der Waals surface area contributed by atoms with Crippen molar-refractivity contribution in [2.24, 2.45) is 0 Å². The number of carbonyl (C=O) groups excluding carboxylic acids is 1. The normalized spacial score (nSPS) is 11.6. The van der Waals surface area contributed by atoms with Gasteiger partial charge in [0.05, 0.1) is 32.9 Å². The monoisotopic (exact) mass is 310 g/mol. The van der Waals surface area contributed by atoms with Gasteiger partial charge in [-0.1, -0.05) is 6.58 Å². The third-order valence-electron chi connectivity index (χ3n) is 2.84. The van der Waals surface area contributed by atoms with E-state index >= 15 is 0 Å². The van der Waals surface area contributed by atoms with Gasteiger partial charge in [-0.25, -0.2) is 0 Å². The Morgan fingerprint density at radius 2 is 1.80 bits per heavy atom. The average molecular weight is 310 g/mol. The molecule has 1 amide bonds. The molecule has 7 nitrogen and oxygen atoms in total. The standard InChI is InChI=1S/C12H24N2O4S.H2O/c1-4-12(15)13-8-7-10-14(2,3)9-5-6-11-19(16,17)18;/h4H,1,5-11H2,2-3H3,(H-,13,15,16,17,18);1H2. The minimum absolute atomic E-state index is 0. The summed E-state index contributed by atoms with van der Waals surface area (Å²) in [5.41, 5.74) is 0. The highest BCUT2D eigenvalue weighted by molar-refractivity contribution is 7.85. The third-order valence-corrected chi connectivity index (χ3v) is 3.65. The topological polar surface area (TPSA) is 113 Å². The van der Waals surface area contributed by atoms with Gasteiger partial charge in [0.15, 0.2) is 0 Å². The second-order valence-electron chi connectivity index (χ2n) is 5.22. The molecule has 0 saturated heterocycles. The van der Waals surface area contributed by atoms with Gasteiger partial charge in [0.1, 0.15) is 0 Å². The molecule has 0 aromatic carbocycles. The summed E-state index contributed by atoms with van der Waals surface area (Å²) in [7, 11) is 0.278. The van der Waals surface area contributed by atoms with E-state index in [9.17, 15) is 13.2 Å². The second-order valence-corrected chi connectivity index (χ2v) is 6.80. The first kappa shape index (κ1) is 21.3. The van der Waals surface area contributed by atoms with E-state index in [1.807, 2.05) is 0 Å². The quantitative estimate of drug-likeness (QED) is 0.260. The molecule has 0 aromatic rings. The Labute approximate surface area is 121 Å². The van der Waals surface area contributed by atoms with E-state index < -0.39 is 10.1 Å². The lowest BCUT2D eigenvalue weighted by atomic mass is 10.2. The van der Waals surface area contributed by atoms with Crippen molar-refractivity contribution in [2.75, 3.05) is 39.5 Å². The Balaban J connectivity index is 0. The summed E-state index contributed by atoms with van der Waals surface area (Å²) >= 11 is 0.